The van der Waals surface area contributed by atoms with Gasteiger partial charge in [-0.25, -0.2) is 0 Å². The monoisotopic (exact) mass is 1070 g/mol. The van der Waals surface area contributed by atoms with Gasteiger partial charge in [-0.2, -0.15) is 0 Å². The first-order chi connectivity index (χ1) is 36.9. The van der Waals surface area contributed by atoms with Gasteiger partial charge in [0.2, 0.25) is 17.7 Å². The summed E-state index contributed by atoms with van der Waals surface area (Å²) in [4.78, 5) is 45.2. The highest BCUT2D eigenvalue weighted by atomic mass is 16.3. The number of hydrogen-bond acceptors (Lipinski definition) is 20. The van der Waals surface area contributed by atoms with E-state index in [9.17, 15) is 45.0 Å². The molecule has 0 aliphatic rings. The van der Waals surface area contributed by atoms with E-state index in [0.29, 0.717) is 97.8 Å². The van der Waals surface area contributed by atoms with Crippen LogP contribution < -0.4 is 59.3 Å². The number of carbonyl (C=O) groups excluding carboxylic acids is 3. The van der Waals surface area contributed by atoms with Gasteiger partial charge in [-0.1, -0.05) is 18.2 Å². The molecule has 23 nitrogen and oxygen atoms in total. The van der Waals surface area contributed by atoms with Crippen molar-refractivity contribution in [2.24, 2.45) is 11.5 Å². The number of nitrogens with one attached hydrogen (secondary N) is 9. The molecule has 3 aromatic rings. The van der Waals surface area contributed by atoms with Crippen LogP contribution in [0.25, 0.3) is 0 Å². The molecule has 0 aromatic heterocycles. The highest BCUT2D eigenvalue weighted by Crippen LogP contribution is 2.27. The average molecular weight is 1070 g/mol. The lowest BCUT2D eigenvalue weighted by atomic mass is 10.1. The van der Waals surface area contributed by atoms with E-state index in [0.717, 1.165) is 108 Å². The maximum atomic E-state index is 12.9. The number of nitrogens with two attached hydrogens (primary N) is 2. The fourth-order valence-corrected chi connectivity index (χ4v) is 7.97. The summed E-state index contributed by atoms with van der Waals surface area (Å²) >= 11 is 0. The molecule has 0 saturated heterocycles. The molecule has 3 aromatic carbocycles. The Morgan fingerprint density at radius 2 is 0.592 bits per heavy atom. The van der Waals surface area contributed by atoms with Gasteiger partial charge in [-0.15, -0.1) is 0 Å². The Morgan fingerprint density at radius 3 is 0.921 bits per heavy atom. The largest absolute Gasteiger partial charge is 0.504 e. The number of phenols is 6. The van der Waals surface area contributed by atoms with Crippen LogP contribution in [-0.4, -0.2) is 233 Å². The van der Waals surface area contributed by atoms with E-state index in [1.807, 2.05) is 0 Å². The van der Waals surface area contributed by atoms with Crippen LogP contribution in [-0.2, 0) is 33.6 Å². The highest BCUT2D eigenvalue weighted by Gasteiger charge is 2.14. The summed E-state index contributed by atoms with van der Waals surface area (Å²) in [5.74, 6) is -1.51. The van der Waals surface area contributed by atoms with Crippen molar-refractivity contribution >= 4 is 17.7 Å². The van der Waals surface area contributed by atoms with Gasteiger partial charge in [-0.05, 0) is 72.4 Å². The standard InChI is InChI=1S/C53H92N14O9/c54-13-15-56-17-19-59-26-31-65(30-25-57-16-14-55)35-37-67(33-28-61-22-24-63-52(75)11-5-43-2-8-46(69)49(72)40-43)38-36-66(34-29-64-53(76)12-6-44-3-9-47(70)50(73)41-44)32-27-60-20-18-58-21-23-62-51(74)10-4-42-1-7-45(68)48(71)39-42/h1-3,7-9,39-41,56-61,68-73H,4-6,10-38,54-55H2,(H,62,74)(H,63,75)(H,64,76). The third kappa shape index (κ3) is 30.8. The van der Waals surface area contributed by atoms with Crippen molar-refractivity contribution in [1.82, 2.24) is 62.6 Å². The lowest BCUT2D eigenvalue weighted by molar-refractivity contribution is -0.121. The Labute approximate surface area is 449 Å². The summed E-state index contributed by atoms with van der Waals surface area (Å²) in [6.07, 6.45) is 2.08. The van der Waals surface area contributed by atoms with Gasteiger partial charge in [0.05, 0.1) is 0 Å². The zero-order valence-corrected chi connectivity index (χ0v) is 44.7. The molecule has 0 heterocycles. The van der Waals surface area contributed by atoms with Crippen LogP contribution in [0.3, 0.4) is 0 Å². The zero-order valence-electron chi connectivity index (χ0n) is 44.7. The molecule has 428 valence electrons. The summed E-state index contributed by atoms with van der Waals surface area (Å²) in [7, 11) is 0. The molecule has 19 N–H and O–H groups in total. The number of aryl methyl sites for hydroxylation is 3. The van der Waals surface area contributed by atoms with Crippen molar-refractivity contribution < 1.29 is 45.0 Å². The molecule has 3 rings (SSSR count). The third-order valence-corrected chi connectivity index (χ3v) is 12.5. The molecule has 76 heavy (non-hydrogen) atoms. The number of hydrogen-bond donors (Lipinski definition) is 17. The number of carbonyl (C=O) groups is 3. The van der Waals surface area contributed by atoms with Crippen LogP contribution in [0.5, 0.6) is 34.5 Å². The fourth-order valence-electron chi connectivity index (χ4n) is 7.97. The summed E-state index contributed by atoms with van der Waals surface area (Å²) in [6, 6.07) is 13.7. The number of aromatic hydroxyl groups is 6. The molecular weight excluding hydrogens is 977 g/mol. The zero-order chi connectivity index (χ0) is 55.0. The third-order valence-electron chi connectivity index (χ3n) is 12.5. The highest BCUT2D eigenvalue weighted by molar-refractivity contribution is 5.77. The van der Waals surface area contributed by atoms with Crippen molar-refractivity contribution in [2.45, 2.75) is 38.5 Å². The first-order valence-electron chi connectivity index (χ1n) is 27.0. The van der Waals surface area contributed by atoms with Crippen LogP contribution in [0.4, 0.5) is 0 Å². The number of rotatable bonds is 46. The minimum absolute atomic E-state index is 0.0934. The maximum absolute atomic E-state index is 12.9. The smallest absolute Gasteiger partial charge is 0.220 e. The Kier molecular flexibility index (Phi) is 34.6. The second-order valence-corrected chi connectivity index (χ2v) is 18.6. The van der Waals surface area contributed by atoms with Gasteiger partial charge < -0.3 is 90.0 Å². The van der Waals surface area contributed by atoms with Crippen molar-refractivity contribution in [3.63, 3.8) is 0 Å². The predicted molar refractivity (Wildman–Crippen MR) is 298 cm³/mol. The average Bonchev–Trinajstić information content (AvgIpc) is 3.40. The molecule has 0 fully saturated rings. The Morgan fingerprint density at radius 1 is 0.329 bits per heavy atom. The molecule has 0 aliphatic heterocycles. The van der Waals surface area contributed by atoms with E-state index in [-0.39, 0.29) is 71.5 Å². The second kappa shape index (κ2) is 40.7. The van der Waals surface area contributed by atoms with E-state index in [1.54, 1.807) is 18.2 Å². The van der Waals surface area contributed by atoms with Crippen molar-refractivity contribution in [1.29, 1.82) is 0 Å². The minimum atomic E-state index is -0.215. The summed E-state index contributed by atoms with van der Waals surface area (Å²) < 4.78 is 0. The van der Waals surface area contributed by atoms with Crippen LogP contribution >= 0.6 is 0 Å². The van der Waals surface area contributed by atoms with E-state index >= 15 is 0 Å². The summed E-state index contributed by atoms with van der Waals surface area (Å²) in [5.41, 5.74) is 13.7. The van der Waals surface area contributed by atoms with E-state index in [2.05, 4.69) is 62.6 Å². The van der Waals surface area contributed by atoms with Gasteiger partial charge in [0.1, 0.15) is 0 Å². The Balaban J connectivity index is 1.55. The normalized spacial score (nSPS) is 11.5. The number of nitrogens with zero attached hydrogens (tertiary/aromatic N) is 3. The summed E-state index contributed by atoms with van der Waals surface area (Å²) in [6.45, 7) is 18.6. The molecule has 0 spiro atoms. The van der Waals surface area contributed by atoms with Gasteiger partial charge >= 0.3 is 0 Å². The van der Waals surface area contributed by atoms with Crippen LogP contribution in [0.15, 0.2) is 54.6 Å². The van der Waals surface area contributed by atoms with Crippen molar-refractivity contribution in [2.75, 3.05) is 170 Å². The van der Waals surface area contributed by atoms with Gasteiger partial charge in [0.25, 0.3) is 0 Å². The van der Waals surface area contributed by atoms with Crippen molar-refractivity contribution in [3.8, 4) is 34.5 Å². The second-order valence-electron chi connectivity index (χ2n) is 18.6. The molecule has 3 amide bonds. The predicted octanol–water partition coefficient (Wildman–Crippen LogP) is -2.17. The maximum Gasteiger partial charge on any atom is 0.220 e. The molecule has 0 bridgehead atoms. The van der Waals surface area contributed by atoms with Crippen LogP contribution in [0.2, 0.25) is 0 Å². The molecule has 0 atom stereocenters. The van der Waals surface area contributed by atoms with E-state index < -0.39 is 0 Å². The van der Waals surface area contributed by atoms with Crippen molar-refractivity contribution in [3.05, 3.63) is 71.3 Å². The van der Waals surface area contributed by atoms with Gasteiger partial charge in [-0.3, -0.25) is 29.1 Å². The first-order valence-corrected chi connectivity index (χ1v) is 27.0. The lowest BCUT2D eigenvalue weighted by Crippen LogP contribution is -2.47. The fraction of sp³-hybridized carbons (Fsp3) is 0.604. The van der Waals surface area contributed by atoms with Gasteiger partial charge in [0, 0.05) is 189 Å². The molecule has 23 heteroatoms. The van der Waals surface area contributed by atoms with E-state index in [1.165, 1.54) is 36.4 Å². The Hall–Kier alpha value is -5.57. The number of benzene rings is 3. The number of amides is 3. The minimum Gasteiger partial charge on any atom is -0.504 e. The molecule has 0 radical (unpaired) electrons. The van der Waals surface area contributed by atoms with Crippen LogP contribution in [0, 0.1) is 0 Å². The lowest BCUT2D eigenvalue weighted by Gasteiger charge is -2.30. The topological polar surface area (TPSA) is 343 Å². The molecule has 0 unspecified atom stereocenters. The van der Waals surface area contributed by atoms with E-state index in [4.69, 9.17) is 11.5 Å². The molecular formula is C53H92N14O9. The molecule has 0 saturated carbocycles. The van der Waals surface area contributed by atoms with Crippen LogP contribution in [0.1, 0.15) is 36.0 Å². The number of phenolic OH excluding ortho intramolecular Hbond substituents is 6. The Bertz CT molecular complexity index is 2060. The molecule has 0 aliphatic carbocycles. The summed E-state index contributed by atoms with van der Waals surface area (Å²) in [5, 5.41) is 87.8. The quantitative estimate of drug-likeness (QED) is 0.0211. The SMILES string of the molecule is NCCNCCNCCN(CCNCCN)CCN(CCNCCNC(=O)CCc1ccc(O)c(O)c1)CCN(CCNCCNCCNC(=O)CCc1ccc(O)c(O)c1)CCNC(=O)CCc1ccc(O)c(O)c1. The van der Waals surface area contributed by atoms with Gasteiger partial charge in [0.15, 0.2) is 34.5 Å². The first kappa shape index (κ1) is 64.7.